The summed E-state index contributed by atoms with van der Waals surface area (Å²) in [5.41, 5.74) is 2.83. The molecule has 3 aromatic heterocycles. The second kappa shape index (κ2) is 9.12. The van der Waals surface area contributed by atoms with Gasteiger partial charge in [-0.1, -0.05) is 18.2 Å². The number of alkyl halides is 3. The van der Waals surface area contributed by atoms with Gasteiger partial charge in [0.25, 0.3) is 0 Å². The van der Waals surface area contributed by atoms with E-state index in [0.29, 0.717) is 23.1 Å². The molecule has 4 rings (SSSR count). The van der Waals surface area contributed by atoms with Crippen LogP contribution in [0.3, 0.4) is 0 Å². The van der Waals surface area contributed by atoms with Crippen molar-refractivity contribution in [2.75, 3.05) is 12.4 Å². The number of hydrogen-bond acceptors (Lipinski definition) is 6. The third kappa shape index (κ3) is 4.70. The number of nitrogens with zero attached hydrogens (tertiary/aromatic N) is 5. The SMILES string of the molecule is COc1nc(-c2cc(C)c(N[C@@H](C)c3ccccc3C(F)(F)F)nn2)ccc1-n1cnc(C)c1. The predicted octanol–water partition coefficient (Wildman–Crippen LogP) is 5.54. The van der Waals surface area contributed by atoms with Crippen molar-refractivity contribution in [3.8, 4) is 23.0 Å². The standard InChI is InChI=1S/C24H23F3N6O/c1-14-11-20(19-9-10-21(23(30-19)34-4)33-12-15(2)28-13-33)31-32-22(14)29-16(3)17-7-5-6-8-18(17)24(25,26)27/h5-13,16H,1-4H3,(H,29,32)/t16-/m0/s1. The molecule has 0 saturated carbocycles. The van der Waals surface area contributed by atoms with Crippen molar-refractivity contribution in [3.63, 3.8) is 0 Å². The van der Waals surface area contributed by atoms with Crippen molar-refractivity contribution in [3.05, 3.63) is 77.4 Å². The summed E-state index contributed by atoms with van der Waals surface area (Å²) in [4.78, 5) is 8.77. The van der Waals surface area contributed by atoms with E-state index in [1.54, 1.807) is 31.5 Å². The Bertz CT molecular complexity index is 1320. The van der Waals surface area contributed by atoms with Crippen LogP contribution in [-0.2, 0) is 6.18 Å². The van der Waals surface area contributed by atoms with E-state index >= 15 is 0 Å². The van der Waals surface area contributed by atoms with Crippen molar-refractivity contribution in [2.45, 2.75) is 33.0 Å². The van der Waals surface area contributed by atoms with Gasteiger partial charge in [0.1, 0.15) is 11.4 Å². The van der Waals surface area contributed by atoms with E-state index in [2.05, 4.69) is 25.5 Å². The van der Waals surface area contributed by atoms with Crippen molar-refractivity contribution in [1.82, 2.24) is 24.7 Å². The molecule has 4 aromatic rings. The van der Waals surface area contributed by atoms with Gasteiger partial charge in [0.05, 0.1) is 36.4 Å². The monoisotopic (exact) mass is 468 g/mol. The number of rotatable bonds is 6. The Hall–Kier alpha value is -3.95. The summed E-state index contributed by atoms with van der Waals surface area (Å²) >= 11 is 0. The molecular weight excluding hydrogens is 445 g/mol. The Morgan fingerprint density at radius 1 is 1.03 bits per heavy atom. The summed E-state index contributed by atoms with van der Waals surface area (Å²) in [6.07, 6.45) is -0.901. The summed E-state index contributed by atoms with van der Waals surface area (Å²) < 4.78 is 47.4. The topological polar surface area (TPSA) is 77.8 Å². The van der Waals surface area contributed by atoms with Crippen molar-refractivity contribution < 1.29 is 17.9 Å². The van der Waals surface area contributed by atoms with Gasteiger partial charge in [0.15, 0.2) is 5.82 Å². The minimum Gasteiger partial charge on any atom is -0.479 e. The van der Waals surface area contributed by atoms with Gasteiger partial charge < -0.3 is 14.6 Å². The lowest BCUT2D eigenvalue weighted by Gasteiger charge is -2.20. The number of nitrogens with one attached hydrogen (secondary N) is 1. The second-order valence-electron chi connectivity index (χ2n) is 7.86. The third-order valence-corrected chi connectivity index (χ3v) is 5.36. The molecule has 1 atom stereocenters. The fraction of sp³-hybridized carbons (Fsp3) is 0.250. The van der Waals surface area contributed by atoms with Gasteiger partial charge in [-0.15, -0.1) is 10.2 Å². The van der Waals surface area contributed by atoms with E-state index < -0.39 is 17.8 Å². The molecule has 0 aliphatic carbocycles. The lowest BCUT2D eigenvalue weighted by molar-refractivity contribution is -0.138. The van der Waals surface area contributed by atoms with Gasteiger partial charge >= 0.3 is 6.18 Å². The molecule has 0 aliphatic heterocycles. The molecule has 0 fully saturated rings. The summed E-state index contributed by atoms with van der Waals surface area (Å²) in [5.74, 6) is 0.791. The average molecular weight is 468 g/mol. The quantitative estimate of drug-likeness (QED) is 0.400. The molecule has 0 unspecified atom stereocenters. The number of pyridine rings is 1. The number of anilines is 1. The average Bonchev–Trinajstić information content (AvgIpc) is 3.25. The summed E-state index contributed by atoms with van der Waals surface area (Å²) in [7, 11) is 1.53. The zero-order chi connectivity index (χ0) is 24.5. The zero-order valence-electron chi connectivity index (χ0n) is 19.1. The normalized spacial score (nSPS) is 12.4. The molecular formula is C24H23F3N6O. The first-order chi connectivity index (χ1) is 16.2. The van der Waals surface area contributed by atoms with Crippen LogP contribution in [0.25, 0.3) is 17.1 Å². The van der Waals surface area contributed by atoms with Crippen LogP contribution in [0, 0.1) is 13.8 Å². The highest BCUT2D eigenvalue weighted by atomic mass is 19.4. The third-order valence-electron chi connectivity index (χ3n) is 5.36. The highest BCUT2D eigenvalue weighted by Crippen LogP contribution is 2.35. The minimum atomic E-state index is -4.44. The van der Waals surface area contributed by atoms with Gasteiger partial charge in [0, 0.05) is 6.20 Å². The van der Waals surface area contributed by atoms with Crippen LogP contribution in [0.1, 0.15) is 35.3 Å². The number of methoxy groups -OCH3 is 1. The summed E-state index contributed by atoms with van der Waals surface area (Å²) in [6, 6.07) is 10.3. The maximum Gasteiger partial charge on any atom is 0.416 e. The van der Waals surface area contributed by atoms with Crippen molar-refractivity contribution >= 4 is 5.82 Å². The Kier molecular flexibility index (Phi) is 6.23. The molecule has 34 heavy (non-hydrogen) atoms. The van der Waals surface area contributed by atoms with Gasteiger partial charge in [0.2, 0.25) is 5.88 Å². The molecule has 10 heteroatoms. The lowest BCUT2D eigenvalue weighted by atomic mass is 10.0. The molecule has 0 aliphatic rings. The number of imidazole rings is 1. The Balaban J connectivity index is 1.60. The lowest BCUT2D eigenvalue weighted by Crippen LogP contribution is -2.16. The zero-order valence-corrected chi connectivity index (χ0v) is 19.1. The number of aryl methyl sites for hydroxylation is 2. The smallest absolute Gasteiger partial charge is 0.416 e. The van der Waals surface area contributed by atoms with Gasteiger partial charge in [-0.3, -0.25) is 0 Å². The molecule has 0 radical (unpaired) electrons. The molecule has 0 saturated heterocycles. The van der Waals surface area contributed by atoms with E-state index in [4.69, 9.17) is 4.74 Å². The maximum atomic E-state index is 13.4. The molecule has 7 nitrogen and oxygen atoms in total. The van der Waals surface area contributed by atoms with Gasteiger partial charge in [-0.2, -0.15) is 13.2 Å². The first-order valence-corrected chi connectivity index (χ1v) is 10.5. The molecule has 3 heterocycles. The molecule has 1 N–H and O–H groups in total. The van der Waals surface area contributed by atoms with E-state index in [-0.39, 0.29) is 5.56 Å². The van der Waals surface area contributed by atoms with Crippen LogP contribution in [0.15, 0.2) is 55.0 Å². The van der Waals surface area contributed by atoms with Crippen LogP contribution < -0.4 is 10.1 Å². The number of halogens is 3. The van der Waals surface area contributed by atoms with E-state index in [0.717, 1.165) is 23.0 Å². The van der Waals surface area contributed by atoms with E-state index in [1.165, 1.54) is 19.2 Å². The van der Waals surface area contributed by atoms with Crippen LogP contribution in [0.5, 0.6) is 5.88 Å². The first-order valence-electron chi connectivity index (χ1n) is 10.5. The largest absolute Gasteiger partial charge is 0.479 e. The number of aromatic nitrogens is 5. The van der Waals surface area contributed by atoms with Crippen molar-refractivity contribution in [1.29, 1.82) is 0 Å². The highest BCUT2D eigenvalue weighted by Gasteiger charge is 2.34. The number of benzene rings is 1. The minimum absolute atomic E-state index is 0.136. The maximum absolute atomic E-state index is 13.4. The van der Waals surface area contributed by atoms with Crippen LogP contribution in [0.2, 0.25) is 0 Å². The fourth-order valence-corrected chi connectivity index (χ4v) is 3.64. The van der Waals surface area contributed by atoms with Crippen LogP contribution >= 0.6 is 0 Å². The van der Waals surface area contributed by atoms with Crippen molar-refractivity contribution in [2.24, 2.45) is 0 Å². The first kappa shape index (κ1) is 23.2. The van der Waals surface area contributed by atoms with Gasteiger partial charge in [-0.05, 0) is 56.2 Å². The Morgan fingerprint density at radius 3 is 2.44 bits per heavy atom. The highest BCUT2D eigenvalue weighted by molar-refractivity contribution is 5.61. The molecule has 1 aromatic carbocycles. The Morgan fingerprint density at radius 2 is 1.79 bits per heavy atom. The number of ether oxygens (including phenoxy) is 1. The van der Waals surface area contributed by atoms with Crippen LogP contribution in [0.4, 0.5) is 19.0 Å². The Labute approximate surface area is 194 Å². The van der Waals surface area contributed by atoms with Crippen LogP contribution in [-0.4, -0.2) is 31.8 Å². The summed E-state index contributed by atoms with van der Waals surface area (Å²) in [5, 5.41) is 11.5. The molecule has 0 amide bonds. The summed E-state index contributed by atoms with van der Waals surface area (Å²) in [6.45, 7) is 5.35. The number of hydrogen-bond donors (Lipinski definition) is 1. The predicted molar refractivity (Wildman–Crippen MR) is 122 cm³/mol. The van der Waals surface area contributed by atoms with Gasteiger partial charge in [-0.25, -0.2) is 9.97 Å². The molecule has 176 valence electrons. The van der Waals surface area contributed by atoms with E-state index in [1.807, 2.05) is 30.7 Å². The molecule has 0 bridgehead atoms. The second-order valence-corrected chi connectivity index (χ2v) is 7.86. The molecule has 0 spiro atoms. The van der Waals surface area contributed by atoms with E-state index in [9.17, 15) is 13.2 Å². The fourth-order valence-electron chi connectivity index (χ4n) is 3.64.